The summed E-state index contributed by atoms with van der Waals surface area (Å²) in [5.41, 5.74) is 1.10. The van der Waals surface area contributed by atoms with Crippen molar-refractivity contribution in [2.75, 3.05) is 39.4 Å². The van der Waals surface area contributed by atoms with Crippen molar-refractivity contribution in [2.45, 2.75) is 17.5 Å². The Hall–Kier alpha value is -2.95. The molecule has 1 atom stereocenters. The molecule has 0 fully saturated rings. The van der Waals surface area contributed by atoms with Gasteiger partial charge in [-0.3, -0.25) is 9.59 Å². The minimum Gasteiger partial charge on any atom is -0.497 e. The van der Waals surface area contributed by atoms with Crippen molar-refractivity contribution in [3.63, 3.8) is 0 Å². The van der Waals surface area contributed by atoms with Crippen LogP contribution in [0, 0.1) is 0 Å². The minimum absolute atomic E-state index is 0.00338. The highest BCUT2D eigenvalue weighted by Crippen LogP contribution is 2.32. The van der Waals surface area contributed by atoms with E-state index in [9.17, 15) is 18.0 Å². The molecule has 0 radical (unpaired) electrons. The van der Waals surface area contributed by atoms with E-state index in [1.54, 1.807) is 24.3 Å². The molecule has 1 aliphatic heterocycles. The third-order valence-electron chi connectivity index (χ3n) is 5.02. The van der Waals surface area contributed by atoms with E-state index in [0.717, 1.165) is 4.31 Å². The summed E-state index contributed by atoms with van der Waals surface area (Å²) in [4.78, 5) is 26.8. The van der Waals surface area contributed by atoms with Crippen molar-refractivity contribution in [3.8, 4) is 5.75 Å². The van der Waals surface area contributed by atoms with Gasteiger partial charge in [0.1, 0.15) is 18.4 Å². The van der Waals surface area contributed by atoms with Crippen LogP contribution in [0.3, 0.4) is 0 Å². The monoisotopic (exact) mass is 448 g/mol. The number of esters is 1. The average Bonchev–Trinajstić information content (AvgIpc) is 2.96. The summed E-state index contributed by atoms with van der Waals surface area (Å²) in [5.74, 6) is -0.659. The summed E-state index contributed by atoms with van der Waals surface area (Å²) < 4.78 is 43.1. The smallest absolute Gasteiger partial charge is 0.326 e. The van der Waals surface area contributed by atoms with Crippen LogP contribution < -0.4 is 9.64 Å². The van der Waals surface area contributed by atoms with Crippen LogP contribution in [0.25, 0.3) is 0 Å². The summed E-state index contributed by atoms with van der Waals surface area (Å²) in [6, 6.07) is 11.5. The number of hydrogen-bond donors (Lipinski definition) is 0. The molecule has 0 saturated heterocycles. The molecule has 0 aromatic heterocycles. The second-order valence-corrected chi connectivity index (χ2v) is 8.72. The van der Waals surface area contributed by atoms with E-state index in [1.807, 2.05) is 0 Å². The summed E-state index contributed by atoms with van der Waals surface area (Å²) in [7, 11) is -0.0616. The van der Waals surface area contributed by atoms with E-state index in [4.69, 9.17) is 14.2 Å². The van der Waals surface area contributed by atoms with Crippen LogP contribution in [0.5, 0.6) is 5.75 Å². The molecule has 0 N–H and O–H groups in total. The number of amides is 1. The number of methoxy groups -OCH3 is 3. The van der Waals surface area contributed by atoms with Gasteiger partial charge in [0.15, 0.2) is 0 Å². The van der Waals surface area contributed by atoms with E-state index < -0.39 is 27.9 Å². The molecule has 3 rings (SSSR count). The number of benzene rings is 2. The standard InChI is InChI=1S/C21H24N2O7S/c1-28-14-20(24)22-13-19(21(25)30-3)23(12-15-6-4-5-7-18(15)22)31(26,27)17-10-8-16(29-2)9-11-17/h4-11,19H,12-14H2,1-3H3. The molecule has 166 valence electrons. The molecule has 2 aromatic carbocycles. The molecule has 2 aromatic rings. The van der Waals surface area contributed by atoms with Gasteiger partial charge in [-0.25, -0.2) is 8.42 Å². The van der Waals surface area contributed by atoms with Crippen LogP contribution in [-0.4, -0.2) is 65.1 Å². The largest absolute Gasteiger partial charge is 0.497 e. The van der Waals surface area contributed by atoms with Crippen LogP contribution in [-0.2, 0) is 35.6 Å². The molecule has 0 bridgehead atoms. The van der Waals surface area contributed by atoms with E-state index in [-0.39, 0.29) is 24.6 Å². The zero-order valence-corrected chi connectivity index (χ0v) is 18.3. The Morgan fingerprint density at radius 1 is 1.03 bits per heavy atom. The fourth-order valence-corrected chi connectivity index (χ4v) is 5.00. The van der Waals surface area contributed by atoms with Crippen molar-refractivity contribution in [1.82, 2.24) is 4.31 Å². The van der Waals surface area contributed by atoms with Crippen molar-refractivity contribution >= 4 is 27.6 Å². The van der Waals surface area contributed by atoms with Gasteiger partial charge in [0, 0.05) is 19.3 Å². The number of ether oxygens (including phenoxy) is 3. The lowest BCUT2D eigenvalue weighted by Gasteiger charge is -2.29. The molecule has 9 nitrogen and oxygen atoms in total. The van der Waals surface area contributed by atoms with Crippen LogP contribution in [0.1, 0.15) is 5.56 Å². The Morgan fingerprint density at radius 3 is 2.32 bits per heavy atom. The van der Waals surface area contributed by atoms with Gasteiger partial charge in [0.05, 0.1) is 25.7 Å². The van der Waals surface area contributed by atoms with E-state index >= 15 is 0 Å². The maximum absolute atomic E-state index is 13.5. The Morgan fingerprint density at radius 2 is 1.71 bits per heavy atom. The van der Waals surface area contributed by atoms with Crippen LogP contribution in [0.2, 0.25) is 0 Å². The summed E-state index contributed by atoms with van der Waals surface area (Å²) in [5, 5.41) is 0. The van der Waals surface area contributed by atoms with Gasteiger partial charge in [-0.15, -0.1) is 0 Å². The lowest BCUT2D eigenvalue weighted by molar-refractivity contribution is -0.145. The predicted octanol–water partition coefficient (Wildman–Crippen LogP) is 1.42. The van der Waals surface area contributed by atoms with Gasteiger partial charge >= 0.3 is 5.97 Å². The number of sulfonamides is 1. The molecule has 0 aliphatic carbocycles. The Labute approximate surface area is 181 Å². The fourth-order valence-electron chi connectivity index (χ4n) is 3.45. The van der Waals surface area contributed by atoms with Gasteiger partial charge in [0.2, 0.25) is 10.0 Å². The normalized spacial score (nSPS) is 16.9. The lowest BCUT2D eigenvalue weighted by atomic mass is 10.1. The average molecular weight is 448 g/mol. The summed E-state index contributed by atoms with van der Waals surface area (Å²) >= 11 is 0. The first-order chi connectivity index (χ1) is 14.8. The highest BCUT2D eigenvalue weighted by atomic mass is 32.2. The van der Waals surface area contributed by atoms with Crippen LogP contribution in [0.15, 0.2) is 53.4 Å². The van der Waals surface area contributed by atoms with Gasteiger partial charge in [-0.1, -0.05) is 18.2 Å². The maximum Gasteiger partial charge on any atom is 0.326 e. The van der Waals surface area contributed by atoms with Gasteiger partial charge in [0.25, 0.3) is 5.91 Å². The number of fused-ring (bicyclic) bond motifs is 1. The highest BCUT2D eigenvalue weighted by Gasteiger charge is 2.42. The van der Waals surface area contributed by atoms with E-state index in [2.05, 4.69) is 0 Å². The first-order valence-electron chi connectivity index (χ1n) is 9.44. The van der Waals surface area contributed by atoms with Gasteiger partial charge in [-0.2, -0.15) is 4.31 Å². The quantitative estimate of drug-likeness (QED) is 0.616. The molecule has 1 aliphatic rings. The highest BCUT2D eigenvalue weighted by molar-refractivity contribution is 7.89. The third-order valence-corrected chi connectivity index (χ3v) is 6.89. The maximum atomic E-state index is 13.5. The Bertz CT molecular complexity index is 1050. The molecule has 31 heavy (non-hydrogen) atoms. The molecular formula is C21H24N2O7S. The number of anilines is 1. The molecule has 1 heterocycles. The first-order valence-corrected chi connectivity index (χ1v) is 10.9. The van der Waals surface area contributed by atoms with Crippen molar-refractivity contribution < 1.29 is 32.2 Å². The molecule has 0 saturated carbocycles. The molecule has 1 amide bonds. The van der Waals surface area contributed by atoms with Crippen molar-refractivity contribution in [2.24, 2.45) is 0 Å². The SMILES string of the molecule is COCC(=O)N1CC(C(=O)OC)N(S(=O)(=O)c2ccc(OC)cc2)Cc2ccccc21. The topological polar surface area (TPSA) is 102 Å². The third kappa shape index (κ3) is 4.55. The molecular weight excluding hydrogens is 424 g/mol. The number of carbonyl (C=O) groups excluding carboxylic acids is 2. The van der Waals surface area contributed by atoms with Gasteiger partial charge < -0.3 is 19.1 Å². The predicted molar refractivity (Wildman–Crippen MR) is 112 cm³/mol. The number of rotatable bonds is 6. The second kappa shape index (κ2) is 9.46. The van der Waals surface area contributed by atoms with E-state index in [0.29, 0.717) is 17.0 Å². The number of nitrogens with zero attached hydrogens (tertiary/aromatic N) is 2. The summed E-state index contributed by atoms with van der Waals surface area (Å²) in [6.07, 6.45) is 0. The first kappa shape index (κ1) is 22.7. The van der Waals surface area contributed by atoms with E-state index in [1.165, 1.54) is 50.5 Å². The Kier molecular flexibility index (Phi) is 6.94. The number of hydrogen-bond acceptors (Lipinski definition) is 7. The Balaban J connectivity index is 2.12. The molecule has 0 spiro atoms. The van der Waals surface area contributed by atoms with Crippen molar-refractivity contribution in [3.05, 3.63) is 54.1 Å². The fraction of sp³-hybridized carbons (Fsp3) is 0.333. The van der Waals surface area contributed by atoms with Gasteiger partial charge in [-0.05, 0) is 35.9 Å². The number of para-hydroxylation sites is 1. The lowest BCUT2D eigenvalue weighted by Crippen LogP contribution is -2.51. The van der Waals surface area contributed by atoms with Crippen molar-refractivity contribution in [1.29, 1.82) is 0 Å². The number of carbonyl (C=O) groups is 2. The molecule has 1 unspecified atom stereocenters. The minimum atomic E-state index is -4.11. The zero-order chi connectivity index (χ0) is 22.6. The van der Waals surface area contributed by atoms with Crippen LogP contribution in [0.4, 0.5) is 5.69 Å². The summed E-state index contributed by atoms with van der Waals surface area (Å²) in [6.45, 7) is -0.532. The van der Waals surface area contributed by atoms with Crippen LogP contribution >= 0.6 is 0 Å². The zero-order valence-electron chi connectivity index (χ0n) is 17.5. The molecule has 10 heteroatoms. The second-order valence-electron chi connectivity index (χ2n) is 6.83.